The Labute approximate surface area is 196 Å². The number of methoxy groups -OCH3 is 1. The highest BCUT2D eigenvalue weighted by atomic mass is 19.1. The molecule has 0 aliphatic carbocycles. The van der Waals surface area contributed by atoms with E-state index >= 15 is 0 Å². The number of rotatable bonds is 6. The number of Topliss-reactive ketones (excluding diaryl/α,β-unsaturated/α-hetero) is 1. The molecule has 3 heterocycles. The third-order valence-electron chi connectivity index (χ3n) is 6.10. The van der Waals surface area contributed by atoms with Crippen LogP contribution in [-0.4, -0.2) is 66.7 Å². The maximum absolute atomic E-state index is 13.3. The number of hydrogen-bond donors (Lipinski definition) is 0. The summed E-state index contributed by atoms with van der Waals surface area (Å²) in [6, 6.07) is 8.09. The molecule has 1 aliphatic rings. The highest BCUT2D eigenvalue weighted by molar-refractivity contribution is 6.43. The molecule has 0 bridgehead atoms. The zero-order chi connectivity index (χ0) is 24.4. The second-order valence-corrected chi connectivity index (χ2v) is 8.64. The second kappa shape index (κ2) is 9.62. The van der Waals surface area contributed by atoms with Crippen LogP contribution in [0.2, 0.25) is 0 Å². The van der Waals surface area contributed by atoms with E-state index in [0.29, 0.717) is 24.4 Å². The predicted octanol–water partition coefficient (Wildman–Crippen LogP) is 3.34. The van der Waals surface area contributed by atoms with E-state index in [1.54, 1.807) is 23.1 Å². The van der Waals surface area contributed by atoms with Crippen LogP contribution in [0.4, 0.5) is 4.39 Å². The van der Waals surface area contributed by atoms with Crippen molar-refractivity contribution in [2.45, 2.75) is 19.3 Å². The van der Waals surface area contributed by atoms with Crippen molar-refractivity contribution >= 4 is 28.5 Å². The van der Waals surface area contributed by atoms with Crippen LogP contribution >= 0.6 is 0 Å². The minimum absolute atomic E-state index is 0.0692. The number of likely N-dealkylation sites (tertiary alicyclic amines) is 1. The molecule has 1 saturated heterocycles. The van der Waals surface area contributed by atoms with Gasteiger partial charge in [0.25, 0.3) is 17.6 Å². The van der Waals surface area contributed by atoms with E-state index in [4.69, 9.17) is 9.15 Å². The van der Waals surface area contributed by atoms with Gasteiger partial charge in [0.05, 0.1) is 7.11 Å². The Balaban J connectivity index is 1.52. The lowest BCUT2D eigenvalue weighted by atomic mass is 9.90. The lowest BCUT2D eigenvalue weighted by molar-refractivity contribution is -0.124. The summed E-state index contributed by atoms with van der Waals surface area (Å²) in [4.78, 5) is 45.2. The Kier molecular flexibility index (Phi) is 6.63. The summed E-state index contributed by atoms with van der Waals surface area (Å²) in [5, 5.41) is 0.460. The molecular weight excluding hydrogens is 441 g/mol. The fourth-order valence-electron chi connectivity index (χ4n) is 4.17. The molecule has 0 N–H and O–H groups in total. The molecule has 4 rings (SSSR count). The number of pyridine rings is 1. The smallest absolute Gasteiger partial charge is 0.297 e. The molecule has 3 aromatic rings. The molecule has 2 amide bonds. The number of amides is 2. The van der Waals surface area contributed by atoms with Gasteiger partial charge in [-0.25, -0.2) is 9.37 Å². The molecule has 0 radical (unpaired) electrons. The van der Waals surface area contributed by atoms with Gasteiger partial charge in [-0.3, -0.25) is 14.4 Å². The third kappa shape index (κ3) is 4.64. The highest BCUT2D eigenvalue weighted by Crippen LogP contribution is 2.30. The van der Waals surface area contributed by atoms with Gasteiger partial charge >= 0.3 is 0 Å². The first kappa shape index (κ1) is 23.4. The van der Waals surface area contributed by atoms with Crippen molar-refractivity contribution in [1.29, 1.82) is 0 Å². The maximum Gasteiger partial charge on any atom is 0.297 e. The lowest BCUT2D eigenvalue weighted by Gasteiger charge is -2.32. The number of furan rings is 1. The van der Waals surface area contributed by atoms with Crippen LogP contribution < -0.4 is 4.74 Å². The Morgan fingerprint density at radius 2 is 1.85 bits per heavy atom. The van der Waals surface area contributed by atoms with Crippen LogP contribution in [0.15, 0.2) is 41.0 Å². The fourth-order valence-corrected chi connectivity index (χ4v) is 4.17. The molecule has 178 valence electrons. The van der Waals surface area contributed by atoms with Crippen LogP contribution in [0, 0.1) is 11.7 Å². The number of ketones is 1. The molecule has 34 heavy (non-hydrogen) atoms. The number of aromatic nitrogens is 1. The third-order valence-corrected chi connectivity index (χ3v) is 6.10. The average Bonchev–Trinajstić information content (AvgIpc) is 3.26. The van der Waals surface area contributed by atoms with Gasteiger partial charge in [-0.2, -0.15) is 0 Å². The highest BCUT2D eigenvalue weighted by Gasteiger charge is 2.30. The largest absolute Gasteiger partial charge is 0.494 e. The average molecular weight is 467 g/mol. The van der Waals surface area contributed by atoms with E-state index in [2.05, 4.69) is 4.98 Å². The molecule has 0 unspecified atom stereocenters. The number of benzene rings is 1. The van der Waals surface area contributed by atoms with Crippen molar-refractivity contribution in [2.75, 3.05) is 34.3 Å². The van der Waals surface area contributed by atoms with E-state index in [9.17, 15) is 18.8 Å². The number of likely N-dealkylation sites (N-methyl/N-ethyl adjacent to an activating group) is 1. The molecule has 9 heteroatoms. The Hall–Kier alpha value is -3.75. The number of nitrogens with zero attached hydrogens (tertiary/aromatic N) is 3. The first-order chi connectivity index (χ1) is 16.3. The second-order valence-electron chi connectivity index (χ2n) is 8.64. The summed E-state index contributed by atoms with van der Waals surface area (Å²) in [5.41, 5.74) is 1.29. The van der Waals surface area contributed by atoms with E-state index in [0.717, 1.165) is 29.7 Å². The molecule has 8 nitrogen and oxygen atoms in total. The van der Waals surface area contributed by atoms with Crippen LogP contribution in [0.3, 0.4) is 0 Å². The van der Waals surface area contributed by atoms with Crippen molar-refractivity contribution in [1.82, 2.24) is 14.8 Å². The van der Waals surface area contributed by atoms with E-state index in [-0.39, 0.29) is 34.4 Å². The molecular formula is C25H26FN3O5. The first-order valence-corrected chi connectivity index (χ1v) is 11.0. The van der Waals surface area contributed by atoms with E-state index in [1.807, 2.05) is 0 Å². The molecule has 0 atom stereocenters. The SMILES string of the molecule is COc1cc2coc(C(=O)C(=O)N(C)C)c2nc1C(=O)N1CCC(Cc2ccc(F)cc2)CC1. The summed E-state index contributed by atoms with van der Waals surface area (Å²) in [5.74, 6) is -1.69. The summed E-state index contributed by atoms with van der Waals surface area (Å²) >= 11 is 0. The monoisotopic (exact) mass is 467 g/mol. The molecule has 0 saturated carbocycles. The summed E-state index contributed by atoms with van der Waals surface area (Å²) in [7, 11) is 4.38. The topological polar surface area (TPSA) is 93.0 Å². The lowest BCUT2D eigenvalue weighted by Crippen LogP contribution is -2.39. The van der Waals surface area contributed by atoms with Gasteiger partial charge in [0.15, 0.2) is 11.4 Å². The molecule has 1 fully saturated rings. The number of piperidine rings is 1. The standard InChI is InChI=1S/C25H26FN3O5/c1-28(2)25(32)22(30)23-20-17(14-34-23)13-19(33-3)21(27-20)24(31)29-10-8-16(9-11-29)12-15-4-6-18(26)7-5-15/h4-7,13-14,16H,8-12H2,1-3H3. The Morgan fingerprint density at radius 1 is 1.18 bits per heavy atom. The van der Waals surface area contributed by atoms with E-state index in [1.165, 1.54) is 39.6 Å². The van der Waals surface area contributed by atoms with Gasteiger partial charge < -0.3 is 19.0 Å². The van der Waals surface area contributed by atoms with Gasteiger partial charge in [-0.15, -0.1) is 0 Å². The van der Waals surface area contributed by atoms with Gasteiger partial charge in [-0.05, 0) is 48.9 Å². The number of halogens is 1. The number of ether oxygens (including phenoxy) is 1. The maximum atomic E-state index is 13.3. The molecule has 1 aliphatic heterocycles. The van der Waals surface area contributed by atoms with Crippen LogP contribution in [-0.2, 0) is 11.2 Å². The number of carbonyl (C=O) groups is 3. The Bertz CT molecular complexity index is 1230. The van der Waals surface area contributed by atoms with Crippen molar-refractivity contribution in [3.63, 3.8) is 0 Å². The van der Waals surface area contributed by atoms with Crippen molar-refractivity contribution in [3.8, 4) is 5.75 Å². The fraction of sp³-hybridized carbons (Fsp3) is 0.360. The van der Waals surface area contributed by atoms with Crippen molar-refractivity contribution in [3.05, 3.63) is 59.4 Å². The number of carbonyl (C=O) groups excluding carboxylic acids is 3. The molecule has 2 aromatic heterocycles. The number of hydrogen-bond acceptors (Lipinski definition) is 6. The van der Waals surface area contributed by atoms with Crippen molar-refractivity contribution < 1.29 is 27.9 Å². The van der Waals surface area contributed by atoms with Crippen LogP contribution in [0.5, 0.6) is 5.75 Å². The van der Waals surface area contributed by atoms with Crippen LogP contribution in [0.25, 0.3) is 10.9 Å². The van der Waals surface area contributed by atoms with Gasteiger partial charge in [-0.1, -0.05) is 12.1 Å². The van der Waals surface area contributed by atoms with Crippen LogP contribution in [0.1, 0.15) is 39.4 Å². The normalized spacial score (nSPS) is 14.3. The minimum atomic E-state index is -0.835. The van der Waals surface area contributed by atoms with Gasteiger partial charge in [0, 0.05) is 32.6 Å². The van der Waals surface area contributed by atoms with E-state index < -0.39 is 11.7 Å². The number of fused-ring (bicyclic) bond motifs is 1. The van der Waals surface area contributed by atoms with Gasteiger partial charge in [0.2, 0.25) is 5.76 Å². The summed E-state index contributed by atoms with van der Waals surface area (Å²) in [6.07, 6.45) is 3.76. The summed E-state index contributed by atoms with van der Waals surface area (Å²) in [6.45, 7) is 1.09. The predicted molar refractivity (Wildman–Crippen MR) is 122 cm³/mol. The zero-order valence-corrected chi connectivity index (χ0v) is 19.3. The van der Waals surface area contributed by atoms with Gasteiger partial charge in [0.1, 0.15) is 17.6 Å². The molecule has 1 aromatic carbocycles. The molecule has 0 spiro atoms. The summed E-state index contributed by atoms with van der Waals surface area (Å²) < 4.78 is 23.9. The van der Waals surface area contributed by atoms with Crippen molar-refractivity contribution in [2.24, 2.45) is 5.92 Å². The zero-order valence-electron chi connectivity index (χ0n) is 19.3. The first-order valence-electron chi connectivity index (χ1n) is 11.0. The Morgan fingerprint density at radius 3 is 2.47 bits per heavy atom. The quantitative estimate of drug-likeness (QED) is 0.408. The minimum Gasteiger partial charge on any atom is -0.494 e.